The molecule has 2 rings (SSSR count). The minimum atomic E-state index is -0.982. The van der Waals surface area contributed by atoms with Crippen LogP contribution in [-0.2, 0) is 0 Å². The molecule has 5 heteroatoms. The van der Waals surface area contributed by atoms with Gasteiger partial charge in [0.2, 0.25) is 0 Å². The summed E-state index contributed by atoms with van der Waals surface area (Å²) in [6, 6.07) is 5.77. The summed E-state index contributed by atoms with van der Waals surface area (Å²) in [6.45, 7) is 8.46. The molecule has 1 aliphatic heterocycles. The Morgan fingerprint density at radius 2 is 2.15 bits per heavy atom. The molecule has 110 valence electrons. The Hall–Kier alpha value is -1.26. The van der Waals surface area contributed by atoms with Gasteiger partial charge in [-0.1, -0.05) is 25.4 Å². The van der Waals surface area contributed by atoms with Crippen LogP contribution in [0.5, 0.6) is 0 Å². The zero-order valence-electron chi connectivity index (χ0n) is 12.0. The van der Waals surface area contributed by atoms with Crippen molar-refractivity contribution in [3.63, 3.8) is 0 Å². The molecule has 0 aliphatic carbocycles. The number of anilines is 1. The number of rotatable bonds is 5. The Bertz CT molecular complexity index is 489. The molecule has 1 aromatic rings. The Labute approximate surface area is 124 Å². The zero-order valence-corrected chi connectivity index (χ0v) is 12.7. The summed E-state index contributed by atoms with van der Waals surface area (Å²) in [5.74, 6) is -0.982. The highest BCUT2D eigenvalue weighted by atomic mass is 35.5. The number of nitrogens with zero attached hydrogens (tertiary/aromatic N) is 2. The van der Waals surface area contributed by atoms with Crippen molar-refractivity contribution in [3.05, 3.63) is 28.8 Å². The van der Waals surface area contributed by atoms with Gasteiger partial charge in [-0.3, -0.25) is 4.90 Å². The number of aromatic carboxylic acids is 1. The second-order valence-electron chi connectivity index (χ2n) is 5.08. The molecule has 0 saturated carbocycles. The largest absolute Gasteiger partial charge is 0.478 e. The van der Waals surface area contributed by atoms with E-state index in [2.05, 4.69) is 23.6 Å². The predicted octanol–water partition coefficient (Wildman–Crippen LogP) is 2.96. The summed E-state index contributed by atoms with van der Waals surface area (Å²) in [5, 5.41) is 9.30. The van der Waals surface area contributed by atoms with Gasteiger partial charge in [-0.2, -0.15) is 0 Å². The third kappa shape index (κ3) is 3.07. The van der Waals surface area contributed by atoms with Gasteiger partial charge in [-0.15, -0.1) is 0 Å². The van der Waals surface area contributed by atoms with Gasteiger partial charge in [0.05, 0.1) is 10.6 Å². The zero-order chi connectivity index (χ0) is 14.7. The molecule has 1 aliphatic rings. The van der Waals surface area contributed by atoms with Crippen LogP contribution in [0.25, 0.3) is 0 Å². The number of likely N-dealkylation sites (N-methyl/N-ethyl adjacent to an activating group) is 1. The van der Waals surface area contributed by atoms with Crippen molar-refractivity contribution >= 4 is 23.3 Å². The van der Waals surface area contributed by atoms with Crippen molar-refractivity contribution in [1.82, 2.24) is 4.90 Å². The minimum Gasteiger partial charge on any atom is -0.478 e. The molecule has 0 spiro atoms. The number of halogens is 1. The number of carboxylic acids is 1. The summed E-state index contributed by atoms with van der Waals surface area (Å²) in [6.07, 6.45) is 1.14. The molecule has 0 aromatic heterocycles. The maximum absolute atomic E-state index is 11.0. The smallest absolute Gasteiger partial charge is 0.337 e. The standard InChI is InChI=1S/C15H21ClN2O2/c1-3-17(4-2)12-7-8-18(10-12)11-5-6-13(15(19)20)14(16)9-11/h5-6,9,12H,3-4,7-8,10H2,1-2H3,(H,19,20). The quantitative estimate of drug-likeness (QED) is 0.907. The van der Waals surface area contributed by atoms with Crippen LogP contribution < -0.4 is 4.90 Å². The molecule has 4 nitrogen and oxygen atoms in total. The Morgan fingerprint density at radius 1 is 1.45 bits per heavy atom. The molecule has 1 unspecified atom stereocenters. The van der Waals surface area contributed by atoms with Gasteiger partial charge in [0.25, 0.3) is 0 Å². The first-order chi connectivity index (χ1) is 9.56. The van der Waals surface area contributed by atoms with E-state index in [-0.39, 0.29) is 5.56 Å². The molecule has 1 fully saturated rings. The van der Waals surface area contributed by atoms with Crippen molar-refractivity contribution in [2.75, 3.05) is 31.1 Å². The lowest BCUT2D eigenvalue weighted by molar-refractivity contribution is 0.0697. The fraction of sp³-hybridized carbons (Fsp3) is 0.533. The maximum atomic E-state index is 11.0. The normalized spacial score (nSPS) is 18.8. The number of carboxylic acid groups (broad SMARTS) is 1. The number of benzene rings is 1. The molecule has 1 saturated heterocycles. The van der Waals surface area contributed by atoms with Crippen molar-refractivity contribution in [2.45, 2.75) is 26.3 Å². The van der Waals surface area contributed by atoms with E-state index in [1.807, 2.05) is 6.07 Å². The Morgan fingerprint density at radius 3 is 2.70 bits per heavy atom. The SMILES string of the molecule is CCN(CC)C1CCN(c2ccc(C(=O)O)c(Cl)c2)C1. The van der Waals surface area contributed by atoms with Crippen LogP contribution >= 0.6 is 11.6 Å². The van der Waals surface area contributed by atoms with Crippen LogP contribution in [0.1, 0.15) is 30.6 Å². The maximum Gasteiger partial charge on any atom is 0.337 e. The third-order valence-electron chi connectivity index (χ3n) is 4.04. The van der Waals surface area contributed by atoms with Crippen LogP contribution in [0.3, 0.4) is 0 Å². The Kier molecular flexibility index (Phi) is 4.89. The van der Waals surface area contributed by atoms with Crippen molar-refractivity contribution in [3.8, 4) is 0 Å². The van der Waals surface area contributed by atoms with Gasteiger partial charge in [0, 0.05) is 24.8 Å². The highest BCUT2D eigenvalue weighted by molar-refractivity contribution is 6.33. The fourth-order valence-corrected chi connectivity index (χ4v) is 3.14. The number of carbonyl (C=O) groups is 1. The predicted molar refractivity (Wildman–Crippen MR) is 82.0 cm³/mol. The van der Waals surface area contributed by atoms with Crippen LogP contribution in [-0.4, -0.2) is 48.2 Å². The molecule has 1 atom stereocenters. The van der Waals surface area contributed by atoms with E-state index in [1.54, 1.807) is 12.1 Å². The molecular formula is C15H21ClN2O2. The lowest BCUT2D eigenvalue weighted by Gasteiger charge is -2.26. The average molecular weight is 297 g/mol. The summed E-state index contributed by atoms with van der Waals surface area (Å²) >= 11 is 6.04. The van der Waals surface area contributed by atoms with Crippen LogP contribution in [0, 0.1) is 0 Å². The molecule has 0 radical (unpaired) electrons. The third-order valence-corrected chi connectivity index (χ3v) is 4.35. The first-order valence-electron chi connectivity index (χ1n) is 7.08. The van der Waals surface area contributed by atoms with E-state index >= 15 is 0 Å². The lowest BCUT2D eigenvalue weighted by atomic mass is 10.2. The monoisotopic (exact) mass is 296 g/mol. The van der Waals surface area contributed by atoms with Crippen LogP contribution in [0.2, 0.25) is 5.02 Å². The van der Waals surface area contributed by atoms with Gasteiger partial charge < -0.3 is 10.0 Å². The average Bonchev–Trinajstić information content (AvgIpc) is 2.89. The molecule has 0 bridgehead atoms. The highest BCUT2D eigenvalue weighted by Gasteiger charge is 2.26. The van der Waals surface area contributed by atoms with Gasteiger partial charge >= 0.3 is 5.97 Å². The molecular weight excluding hydrogens is 276 g/mol. The first kappa shape index (κ1) is 15.1. The van der Waals surface area contributed by atoms with Crippen molar-refractivity contribution in [1.29, 1.82) is 0 Å². The molecule has 1 N–H and O–H groups in total. The number of hydrogen-bond acceptors (Lipinski definition) is 3. The first-order valence-corrected chi connectivity index (χ1v) is 7.46. The van der Waals surface area contributed by atoms with E-state index in [1.165, 1.54) is 0 Å². The van der Waals surface area contributed by atoms with Gasteiger partial charge in [-0.05, 0) is 37.7 Å². The second kappa shape index (κ2) is 6.46. The summed E-state index contributed by atoms with van der Waals surface area (Å²) in [7, 11) is 0. The van der Waals surface area contributed by atoms with Gasteiger partial charge in [0.1, 0.15) is 0 Å². The fourth-order valence-electron chi connectivity index (χ4n) is 2.89. The number of hydrogen-bond donors (Lipinski definition) is 1. The van der Waals surface area contributed by atoms with E-state index in [0.717, 1.165) is 38.3 Å². The molecule has 1 aromatic carbocycles. The molecule has 0 amide bonds. The highest BCUT2D eigenvalue weighted by Crippen LogP contribution is 2.27. The van der Waals surface area contributed by atoms with Crippen LogP contribution in [0.15, 0.2) is 18.2 Å². The lowest BCUT2D eigenvalue weighted by Crippen LogP contribution is -2.37. The van der Waals surface area contributed by atoms with E-state index < -0.39 is 5.97 Å². The Balaban J connectivity index is 2.10. The van der Waals surface area contributed by atoms with Gasteiger partial charge in [-0.25, -0.2) is 4.79 Å². The van der Waals surface area contributed by atoms with E-state index in [9.17, 15) is 4.79 Å². The van der Waals surface area contributed by atoms with Crippen molar-refractivity contribution in [2.24, 2.45) is 0 Å². The summed E-state index contributed by atoms with van der Waals surface area (Å²) < 4.78 is 0. The summed E-state index contributed by atoms with van der Waals surface area (Å²) in [5.41, 5.74) is 1.17. The molecule has 20 heavy (non-hydrogen) atoms. The van der Waals surface area contributed by atoms with Gasteiger partial charge in [0.15, 0.2) is 0 Å². The molecule has 1 heterocycles. The van der Waals surface area contributed by atoms with Crippen molar-refractivity contribution < 1.29 is 9.90 Å². The second-order valence-corrected chi connectivity index (χ2v) is 5.49. The summed E-state index contributed by atoms with van der Waals surface area (Å²) in [4.78, 5) is 15.7. The van der Waals surface area contributed by atoms with E-state index in [4.69, 9.17) is 16.7 Å². The topological polar surface area (TPSA) is 43.8 Å². The minimum absolute atomic E-state index is 0.162. The van der Waals surface area contributed by atoms with Crippen LogP contribution in [0.4, 0.5) is 5.69 Å². The van der Waals surface area contributed by atoms with E-state index in [0.29, 0.717) is 11.1 Å².